The van der Waals surface area contributed by atoms with Gasteiger partial charge in [-0.3, -0.25) is 9.52 Å². The highest BCUT2D eigenvalue weighted by molar-refractivity contribution is 7.92. The Balaban J connectivity index is 1.31. The van der Waals surface area contributed by atoms with Crippen LogP contribution in [-0.2, 0) is 19.6 Å². The lowest BCUT2D eigenvalue weighted by atomic mass is 9.80. The van der Waals surface area contributed by atoms with Crippen molar-refractivity contribution in [2.75, 3.05) is 4.72 Å². The van der Waals surface area contributed by atoms with Gasteiger partial charge >= 0.3 is 5.97 Å². The monoisotopic (exact) mass is 469 g/mol. The fraction of sp³-hybridized carbons (Fsp3) is 0.348. The Bertz CT molecular complexity index is 1390. The number of nitrogens with zero attached hydrogens (tertiary/aromatic N) is 2. The number of halogens is 1. The van der Waals surface area contributed by atoms with Gasteiger partial charge in [0.05, 0.1) is 22.4 Å². The average Bonchev–Trinajstić information content (AvgIpc) is 3.50. The molecule has 5 atom stereocenters. The van der Waals surface area contributed by atoms with Crippen LogP contribution in [0.3, 0.4) is 0 Å². The molecule has 1 aliphatic heterocycles. The Morgan fingerprint density at radius 2 is 1.97 bits per heavy atom. The summed E-state index contributed by atoms with van der Waals surface area (Å²) in [4.78, 5) is 16.9. The van der Waals surface area contributed by atoms with Crippen LogP contribution in [0.25, 0.3) is 11.4 Å². The number of fused-ring (bicyclic) bond motifs is 1. The van der Waals surface area contributed by atoms with Crippen LogP contribution in [0.4, 0.5) is 10.1 Å². The molecule has 2 aromatic carbocycles. The molecule has 0 unspecified atom stereocenters. The van der Waals surface area contributed by atoms with Crippen molar-refractivity contribution in [2.45, 2.75) is 36.7 Å². The molecule has 1 N–H and O–H groups in total. The molecule has 1 aromatic heterocycles. The third-order valence-electron chi connectivity index (χ3n) is 7.02. The Kier molecular flexibility index (Phi) is 4.39. The maximum Gasteiger partial charge on any atom is 0.310 e. The third kappa shape index (κ3) is 3.23. The lowest BCUT2D eigenvalue weighted by molar-refractivity contribution is -0.143. The molecule has 33 heavy (non-hydrogen) atoms. The lowest BCUT2D eigenvalue weighted by Gasteiger charge is -2.20. The summed E-state index contributed by atoms with van der Waals surface area (Å²) >= 11 is 0. The number of aryl methyl sites for hydroxylation is 1. The van der Waals surface area contributed by atoms with E-state index in [-0.39, 0.29) is 52.2 Å². The predicted molar refractivity (Wildman–Crippen MR) is 114 cm³/mol. The predicted octanol–water partition coefficient (Wildman–Crippen LogP) is 3.65. The highest BCUT2D eigenvalue weighted by atomic mass is 32.2. The first-order chi connectivity index (χ1) is 15.8. The van der Waals surface area contributed by atoms with Crippen molar-refractivity contribution in [2.24, 2.45) is 17.8 Å². The number of hydrogen-bond acceptors (Lipinski definition) is 7. The quantitative estimate of drug-likeness (QED) is 0.568. The average molecular weight is 469 g/mol. The fourth-order valence-corrected chi connectivity index (χ4v) is 6.94. The number of sulfonamides is 1. The molecule has 0 radical (unpaired) electrons. The van der Waals surface area contributed by atoms with Crippen molar-refractivity contribution in [1.82, 2.24) is 10.1 Å². The van der Waals surface area contributed by atoms with Gasteiger partial charge in [0.2, 0.25) is 11.7 Å². The highest BCUT2D eigenvalue weighted by Gasteiger charge is 2.63. The van der Waals surface area contributed by atoms with Gasteiger partial charge in [0.1, 0.15) is 11.9 Å². The van der Waals surface area contributed by atoms with Crippen molar-refractivity contribution >= 4 is 21.7 Å². The SMILES string of the molecule is Cc1ccc(-c2noc([C@@H]3[C@@H]4C[C@@H]5[C@H]3C(=O)O[C@H]5C4)n2)cc1S(=O)(=O)Nc1cccc(F)c1. The van der Waals surface area contributed by atoms with Gasteiger partial charge in [-0.25, -0.2) is 12.8 Å². The zero-order valence-electron chi connectivity index (χ0n) is 17.6. The number of esters is 1. The summed E-state index contributed by atoms with van der Waals surface area (Å²) in [5.74, 6) is -0.0140. The van der Waals surface area contributed by atoms with E-state index in [2.05, 4.69) is 14.9 Å². The molecule has 8 nitrogen and oxygen atoms in total. The van der Waals surface area contributed by atoms with Gasteiger partial charge in [-0.05, 0) is 55.5 Å². The van der Waals surface area contributed by atoms with Crippen LogP contribution in [0.1, 0.15) is 30.2 Å². The molecule has 3 aromatic rings. The normalized spacial score (nSPS) is 27.7. The van der Waals surface area contributed by atoms with Crippen LogP contribution in [0, 0.1) is 30.5 Å². The first-order valence-corrected chi connectivity index (χ1v) is 12.2. The highest BCUT2D eigenvalue weighted by Crippen LogP contribution is 2.61. The fourth-order valence-electron chi connectivity index (χ4n) is 5.62. The van der Waals surface area contributed by atoms with Crippen molar-refractivity contribution in [1.29, 1.82) is 0 Å². The summed E-state index contributed by atoms with van der Waals surface area (Å²) < 4.78 is 52.9. The van der Waals surface area contributed by atoms with Gasteiger partial charge in [0, 0.05) is 11.5 Å². The van der Waals surface area contributed by atoms with Crippen LogP contribution in [0.5, 0.6) is 0 Å². The number of carbonyl (C=O) groups is 1. The van der Waals surface area contributed by atoms with Gasteiger partial charge in [-0.2, -0.15) is 4.98 Å². The number of anilines is 1. The molecular formula is C23H20FN3O5S. The van der Waals surface area contributed by atoms with Gasteiger partial charge in [0.15, 0.2) is 0 Å². The molecule has 2 saturated carbocycles. The minimum atomic E-state index is -3.99. The summed E-state index contributed by atoms with van der Waals surface area (Å²) in [6.45, 7) is 1.67. The van der Waals surface area contributed by atoms with E-state index in [0.29, 0.717) is 17.0 Å². The first-order valence-electron chi connectivity index (χ1n) is 10.7. The third-order valence-corrected chi connectivity index (χ3v) is 8.55. The number of benzene rings is 2. The van der Waals surface area contributed by atoms with Gasteiger partial charge in [0.25, 0.3) is 10.0 Å². The van der Waals surface area contributed by atoms with Crippen LogP contribution in [0.15, 0.2) is 51.9 Å². The largest absolute Gasteiger partial charge is 0.462 e. The molecule has 2 heterocycles. The van der Waals surface area contributed by atoms with Crippen LogP contribution in [0.2, 0.25) is 0 Å². The molecule has 2 aliphatic carbocycles. The van der Waals surface area contributed by atoms with Gasteiger partial charge < -0.3 is 9.26 Å². The Hall–Kier alpha value is -3.27. The topological polar surface area (TPSA) is 111 Å². The van der Waals surface area contributed by atoms with Crippen LogP contribution in [-0.4, -0.2) is 30.6 Å². The van der Waals surface area contributed by atoms with Crippen molar-refractivity contribution in [3.8, 4) is 11.4 Å². The second-order valence-electron chi connectivity index (χ2n) is 8.97. The minimum absolute atomic E-state index is 0.0154. The Labute approximate surface area is 189 Å². The molecular weight excluding hydrogens is 449 g/mol. The molecule has 2 bridgehead atoms. The zero-order chi connectivity index (χ0) is 22.9. The van der Waals surface area contributed by atoms with E-state index in [1.807, 2.05) is 0 Å². The summed E-state index contributed by atoms with van der Waals surface area (Å²) in [7, 11) is -3.99. The van der Waals surface area contributed by atoms with E-state index < -0.39 is 15.8 Å². The second kappa shape index (κ2) is 7.11. The van der Waals surface area contributed by atoms with E-state index in [9.17, 15) is 17.6 Å². The number of carbonyl (C=O) groups excluding carboxylic acids is 1. The molecule has 3 aliphatic rings. The zero-order valence-corrected chi connectivity index (χ0v) is 18.4. The van der Waals surface area contributed by atoms with Crippen molar-refractivity contribution < 1.29 is 26.9 Å². The van der Waals surface area contributed by atoms with E-state index in [4.69, 9.17) is 9.26 Å². The van der Waals surface area contributed by atoms with E-state index in [1.165, 1.54) is 24.3 Å². The number of ether oxygens (including phenoxy) is 1. The standard InChI is InChI=1S/C23H20FN3O5S/c1-11-5-6-12(9-18(11)33(29,30)27-15-4-2-3-14(24)10-15)21-25-22(32-26-21)19-13-7-16-17(8-13)31-23(28)20(16)19/h2-6,9-10,13,16-17,19-20,27H,7-8H2,1H3/t13-,16+,17+,19-,20-/m1/s1. The number of aromatic nitrogens is 2. The first kappa shape index (κ1) is 20.3. The van der Waals surface area contributed by atoms with Gasteiger partial charge in [-0.1, -0.05) is 23.4 Å². The van der Waals surface area contributed by atoms with E-state index >= 15 is 0 Å². The molecule has 170 valence electrons. The summed E-state index contributed by atoms with van der Waals surface area (Å²) in [6.07, 6.45) is 1.75. The van der Waals surface area contributed by atoms with Crippen LogP contribution < -0.4 is 4.72 Å². The van der Waals surface area contributed by atoms with Crippen LogP contribution >= 0.6 is 0 Å². The maximum absolute atomic E-state index is 13.5. The number of nitrogens with one attached hydrogen (secondary N) is 1. The summed E-state index contributed by atoms with van der Waals surface area (Å²) in [5.41, 5.74) is 1.10. The maximum atomic E-state index is 13.5. The molecule has 10 heteroatoms. The lowest BCUT2D eigenvalue weighted by Crippen LogP contribution is -2.24. The smallest absolute Gasteiger partial charge is 0.310 e. The number of rotatable bonds is 5. The van der Waals surface area contributed by atoms with E-state index in [1.54, 1.807) is 19.1 Å². The van der Waals surface area contributed by atoms with Crippen molar-refractivity contribution in [3.05, 3.63) is 59.7 Å². The molecule has 3 fully saturated rings. The molecule has 1 saturated heterocycles. The Morgan fingerprint density at radius 3 is 2.79 bits per heavy atom. The summed E-state index contributed by atoms with van der Waals surface area (Å²) in [6, 6.07) is 10.1. The second-order valence-corrected chi connectivity index (χ2v) is 10.6. The Morgan fingerprint density at radius 1 is 1.12 bits per heavy atom. The molecule has 0 amide bonds. The summed E-state index contributed by atoms with van der Waals surface area (Å²) in [5, 5.41) is 4.07. The number of hydrogen-bond donors (Lipinski definition) is 1. The van der Waals surface area contributed by atoms with Crippen molar-refractivity contribution in [3.63, 3.8) is 0 Å². The molecule has 6 rings (SSSR count). The minimum Gasteiger partial charge on any atom is -0.462 e. The molecule has 0 spiro atoms. The van der Waals surface area contributed by atoms with E-state index in [0.717, 1.165) is 18.9 Å². The van der Waals surface area contributed by atoms with Gasteiger partial charge in [-0.15, -0.1) is 0 Å².